The summed E-state index contributed by atoms with van der Waals surface area (Å²) in [7, 11) is -3.22. The van der Waals surface area contributed by atoms with Crippen LogP contribution in [0.4, 0.5) is 15.8 Å². The first-order chi connectivity index (χ1) is 8.60. The fraction of sp³-hybridized carbons (Fsp3) is 0.400. The molecule has 6 nitrogen and oxygen atoms in total. The summed E-state index contributed by atoms with van der Waals surface area (Å²) in [5.74, 6) is -0.794. The third kappa shape index (κ3) is 4.90. The molecule has 1 aromatic carbocycles. The van der Waals surface area contributed by atoms with E-state index in [1.165, 1.54) is 0 Å². The van der Waals surface area contributed by atoms with Gasteiger partial charge in [-0.2, -0.15) is 0 Å². The molecule has 0 aliphatic carbocycles. The molecule has 0 saturated heterocycles. The molecule has 106 valence electrons. The molecule has 0 aliphatic heterocycles. The van der Waals surface area contributed by atoms with Crippen LogP contribution < -0.4 is 5.32 Å². The molecule has 1 atom stereocenters. The Morgan fingerprint density at radius 3 is 2.58 bits per heavy atom. The van der Waals surface area contributed by atoms with Gasteiger partial charge in [0, 0.05) is 24.4 Å². The molecule has 0 radical (unpaired) electrons. The highest BCUT2D eigenvalue weighted by Crippen LogP contribution is 2.29. The average Bonchev–Trinajstić information content (AvgIpc) is 2.19. The number of anilines is 1. The summed E-state index contributed by atoms with van der Waals surface area (Å²) in [5.41, 5.74) is -0.315. The van der Waals surface area contributed by atoms with E-state index in [1.54, 1.807) is 29.5 Å². The number of hydrogen-bond acceptors (Lipinski definition) is 5. The number of nitro benzene ring substituents is 1. The number of hydrogen-bond donors (Lipinski definition) is 1. The molecule has 1 N–H and O–H groups in total. The summed E-state index contributed by atoms with van der Waals surface area (Å²) in [6, 6.07) is 1.54. The smallest absolute Gasteiger partial charge is 0.293 e. The number of benzene rings is 1. The zero-order chi connectivity index (χ0) is 14.8. The van der Waals surface area contributed by atoms with Gasteiger partial charge >= 0.3 is 0 Å². The van der Waals surface area contributed by atoms with E-state index >= 15 is 0 Å². The summed E-state index contributed by atoms with van der Waals surface area (Å²) in [4.78, 5) is 10.2. The van der Waals surface area contributed by atoms with E-state index < -0.39 is 26.6 Å². The first kappa shape index (κ1) is 16.1. The molecular formula is C10H12FIN2O4S. The monoisotopic (exact) mass is 402 g/mol. The van der Waals surface area contributed by atoms with Crippen molar-refractivity contribution in [2.75, 3.05) is 17.3 Å². The standard InChI is InChI=1S/C10H12FIN2O4S/c1-6(5-19(2,17)18)13-9-3-7(11)8(12)4-10(9)14(15)16/h3-4,6,13H,5H2,1-2H3. The molecular weight excluding hydrogens is 390 g/mol. The second-order valence-electron chi connectivity index (χ2n) is 4.18. The Morgan fingerprint density at radius 2 is 2.11 bits per heavy atom. The van der Waals surface area contributed by atoms with Crippen molar-refractivity contribution in [3.63, 3.8) is 0 Å². The van der Waals surface area contributed by atoms with E-state index in [9.17, 15) is 22.9 Å². The van der Waals surface area contributed by atoms with Crippen LogP contribution in [0.25, 0.3) is 0 Å². The summed E-state index contributed by atoms with van der Waals surface area (Å²) >= 11 is 1.65. The van der Waals surface area contributed by atoms with Crippen molar-refractivity contribution in [1.29, 1.82) is 0 Å². The Bertz CT molecular complexity index is 606. The third-order valence-electron chi connectivity index (χ3n) is 2.19. The van der Waals surface area contributed by atoms with Crippen molar-refractivity contribution in [2.24, 2.45) is 0 Å². The normalized spacial score (nSPS) is 13.1. The number of nitrogens with one attached hydrogen (secondary N) is 1. The summed E-state index contributed by atoms with van der Waals surface area (Å²) in [5, 5.41) is 13.5. The SMILES string of the molecule is CC(CS(C)(=O)=O)Nc1cc(F)c(I)cc1[N+](=O)[O-]. The highest BCUT2D eigenvalue weighted by Gasteiger charge is 2.20. The third-order valence-corrected chi connectivity index (χ3v) is 4.12. The minimum absolute atomic E-state index is 0.0286. The van der Waals surface area contributed by atoms with Crippen LogP contribution in [0.3, 0.4) is 0 Å². The molecule has 9 heteroatoms. The van der Waals surface area contributed by atoms with Gasteiger partial charge in [-0.3, -0.25) is 10.1 Å². The average molecular weight is 402 g/mol. The maximum absolute atomic E-state index is 13.4. The molecule has 1 aromatic rings. The molecule has 0 amide bonds. The Hall–Kier alpha value is -0.970. The molecule has 0 aromatic heterocycles. The van der Waals surface area contributed by atoms with Gasteiger partial charge in [0.25, 0.3) is 5.69 Å². The summed E-state index contributed by atoms with van der Waals surface area (Å²) in [6.07, 6.45) is 1.06. The predicted molar refractivity (Wildman–Crippen MR) is 78.6 cm³/mol. The predicted octanol–water partition coefficient (Wildman–Crippen LogP) is 2.18. The van der Waals surface area contributed by atoms with Crippen LogP contribution in [0.1, 0.15) is 6.92 Å². The Labute approximate surface area is 123 Å². The summed E-state index contributed by atoms with van der Waals surface area (Å²) in [6.45, 7) is 1.56. The van der Waals surface area contributed by atoms with Crippen LogP contribution in [-0.2, 0) is 9.84 Å². The second kappa shape index (κ2) is 5.99. The van der Waals surface area contributed by atoms with Crippen LogP contribution >= 0.6 is 22.6 Å². The number of rotatable bonds is 5. The topological polar surface area (TPSA) is 89.3 Å². The van der Waals surface area contributed by atoms with Crippen LogP contribution in [0.15, 0.2) is 12.1 Å². The maximum atomic E-state index is 13.4. The molecule has 0 aliphatic rings. The Morgan fingerprint density at radius 1 is 1.53 bits per heavy atom. The number of nitrogens with zero attached hydrogens (tertiary/aromatic N) is 1. The number of nitro groups is 1. The van der Waals surface area contributed by atoms with Gasteiger partial charge in [0.1, 0.15) is 21.3 Å². The lowest BCUT2D eigenvalue weighted by Crippen LogP contribution is -2.25. The van der Waals surface area contributed by atoms with Gasteiger partial charge in [0.05, 0.1) is 14.2 Å². The van der Waals surface area contributed by atoms with E-state index in [1.807, 2.05) is 0 Å². The van der Waals surface area contributed by atoms with Gasteiger partial charge in [-0.05, 0) is 29.5 Å². The van der Waals surface area contributed by atoms with Crippen molar-refractivity contribution < 1.29 is 17.7 Å². The molecule has 1 unspecified atom stereocenters. The lowest BCUT2D eigenvalue weighted by atomic mass is 10.2. The molecule has 0 bridgehead atoms. The Balaban J connectivity index is 3.06. The fourth-order valence-corrected chi connectivity index (χ4v) is 3.01. The highest BCUT2D eigenvalue weighted by atomic mass is 127. The minimum atomic E-state index is -3.22. The molecule has 0 saturated carbocycles. The van der Waals surface area contributed by atoms with Crippen molar-refractivity contribution in [3.05, 3.63) is 31.6 Å². The minimum Gasteiger partial charge on any atom is -0.376 e. The van der Waals surface area contributed by atoms with Crippen LogP contribution in [0, 0.1) is 19.5 Å². The zero-order valence-corrected chi connectivity index (χ0v) is 13.2. The van der Waals surface area contributed by atoms with E-state index in [2.05, 4.69) is 5.32 Å². The quantitative estimate of drug-likeness (QED) is 0.464. The zero-order valence-electron chi connectivity index (χ0n) is 10.2. The lowest BCUT2D eigenvalue weighted by molar-refractivity contribution is -0.384. The number of sulfone groups is 1. The van der Waals surface area contributed by atoms with Crippen molar-refractivity contribution in [1.82, 2.24) is 0 Å². The van der Waals surface area contributed by atoms with E-state index in [4.69, 9.17) is 0 Å². The van der Waals surface area contributed by atoms with Gasteiger partial charge in [-0.15, -0.1) is 0 Å². The van der Waals surface area contributed by atoms with Gasteiger partial charge in [0.2, 0.25) is 0 Å². The molecule has 0 heterocycles. The van der Waals surface area contributed by atoms with Gasteiger partial charge in [-0.25, -0.2) is 12.8 Å². The van der Waals surface area contributed by atoms with E-state index in [-0.39, 0.29) is 20.7 Å². The first-order valence-corrected chi connectivity index (χ1v) is 8.32. The van der Waals surface area contributed by atoms with Gasteiger partial charge in [-0.1, -0.05) is 0 Å². The van der Waals surface area contributed by atoms with Gasteiger partial charge in [0.15, 0.2) is 0 Å². The van der Waals surface area contributed by atoms with Crippen molar-refractivity contribution in [3.8, 4) is 0 Å². The molecule has 0 spiro atoms. The van der Waals surface area contributed by atoms with Crippen LogP contribution in [-0.4, -0.2) is 31.4 Å². The maximum Gasteiger partial charge on any atom is 0.293 e. The molecule has 19 heavy (non-hydrogen) atoms. The largest absolute Gasteiger partial charge is 0.376 e. The summed E-state index contributed by atoms with van der Waals surface area (Å²) < 4.78 is 35.8. The Kier molecular flexibility index (Phi) is 5.07. The van der Waals surface area contributed by atoms with E-state index in [0.29, 0.717) is 0 Å². The van der Waals surface area contributed by atoms with E-state index in [0.717, 1.165) is 18.4 Å². The highest BCUT2D eigenvalue weighted by molar-refractivity contribution is 14.1. The molecule has 0 fully saturated rings. The first-order valence-electron chi connectivity index (χ1n) is 5.18. The second-order valence-corrected chi connectivity index (χ2v) is 7.53. The molecule has 1 rings (SSSR count). The van der Waals surface area contributed by atoms with Crippen LogP contribution in [0.5, 0.6) is 0 Å². The van der Waals surface area contributed by atoms with Crippen LogP contribution in [0.2, 0.25) is 0 Å². The van der Waals surface area contributed by atoms with Crippen molar-refractivity contribution in [2.45, 2.75) is 13.0 Å². The lowest BCUT2D eigenvalue weighted by Gasteiger charge is -2.14. The van der Waals surface area contributed by atoms with Gasteiger partial charge < -0.3 is 5.32 Å². The van der Waals surface area contributed by atoms with Crippen molar-refractivity contribution >= 4 is 43.8 Å². The fourth-order valence-electron chi connectivity index (χ4n) is 1.56. The number of halogens is 2.